The molecule has 0 bridgehead atoms. The van der Waals surface area contributed by atoms with E-state index >= 15 is 0 Å². The van der Waals surface area contributed by atoms with Gasteiger partial charge in [-0.05, 0) is 25.1 Å². The molecule has 110 valence electrons. The van der Waals surface area contributed by atoms with E-state index in [9.17, 15) is 18.0 Å². The second kappa shape index (κ2) is 6.69. The zero-order chi connectivity index (χ0) is 15.3. The first-order valence-electron chi connectivity index (χ1n) is 5.57. The monoisotopic (exact) mass is 320 g/mol. The maximum absolute atomic E-state index is 11.9. The van der Waals surface area contributed by atoms with Crippen LogP contribution in [0.5, 0.6) is 0 Å². The summed E-state index contributed by atoms with van der Waals surface area (Å²) < 4.78 is 25.8. The van der Waals surface area contributed by atoms with Gasteiger partial charge in [-0.2, -0.15) is 0 Å². The molecule has 0 heterocycles. The Hall–Kier alpha value is -1.64. The lowest BCUT2D eigenvalue weighted by Crippen LogP contribution is -2.36. The van der Waals surface area contributed by atoms with Crippen molar-refractivity contribution in [2.24, 2.45) is 0 Å². The molecule has 0 unspecified atom stereocenters. The van der Waals surface area contributed by atoms with Crippen LogP contribution < -0.4 is 10.0 Å². The van der Waals surface area contributed by atoms with E-state index in [1.807, 2.05) is 0 Å². The van der Waals surface area contributed by atoms with Crippen molar-refractivity contribution in [1.82, 2.24) is 10.0 Å². The largest absolute Gasteiger partial charge is 0.478 e. The fourth-order valence-corrected chi connectivity index (χ4v) is 2.67. The van der Waals surface area contributed by atoms with Gasteiger partial charge in [0.05, 0.1) is 22.0 Å². The summed E-state index contributed by atoms with van der Waals surface area (Å²) in [5, 5.41) is 11.0. The van der Waals surface area contributed by atoms with Gasteiger partial charge in [-0.15, -0.1) is 0 Å². The summed E-state index contributed by atoms with van der Waals surface area (Å²) >= 11 is 5.69. The first kappa shape index (κ1) is 16.4. The number of rotatable bonds is 6. The van der Waals surface area contributed by atoms with E-state index < -0.39 is 28.4 Å². The Morgan fingerprint density at radius 3 is 2.50 bits per heavy atom. The number of amides is 1. The molecule has 0 aromatic heterocycles. The minimum Gasteiger partial charge on any atom is -0.478 e. The van der Waals surface area contributed by atoms with Crippen LogP contribution in [0.2, 0.25) is 5.02 Å². The third kappa shape index (κ3) is 4.19. The summed E-state index contributed by atoms with van der Waals surface area (Å²) in [6.07, 6.45) is 0. The molecule has 0 radical (unpaired) electrons. The number of hydrogen-bond acceptors (Lipinski definition) is 4. The normalized spacial score (nSPS) is 11.1. The predicted octanol–water partition coefficient (Wildman–Crippen LogP) is 0.453. The molecular formula is C11H13ClN2O5S. The van der Waals surface area contributed by atoms with E-state index in [0.29, 0.717) is 6.54 Å². The van der Waals surface area contributed by atoms with Crippen molar-refractivity contribution in [1.29, 1.82) is 0 Å². The van der Waals surface area contributed by atoms with Crippen LogP contribution in [0, 0.1) is 0 Å². The quantitative estimate of drug-likeness (QED) is 0.704. The Balaban J connectivity index is 2.91. The summed E-state index contributed by atoms with van der Waals surface area (Å²) in [6.45, 7) is 1.69. The molecule has 1 amide bonds. The first-order valence-corrected chi connectivity index (χ1v) is 7.43. The summed E-state index contributed by atoms with van der Waals surface area (Å²) in [6, 6.07) is 3.21. The third-order valence-electron chi connectivity index (χ3n) is 2.28. The molecule has 0 saturated carbocycles. The molecular weight excluding hydrogens is 308 g/mol. The van der Waals surface area contributed by atoms with E-state index in [1.54, 1.807) is 6.92 Å². The first-order chi connectivity index (χ1) is 9.27. The summed E-state index contributed by atoms with van der Waals surface area (Å²) in [7, 11) is -3.93. The molecule has 1 rings (SSSR count). The minimum atomic E-state index is -3.93. The summed E-state index contributed by atoms with van der Waals surface area (Å²) in [4.78, 5) is 21.7. The highest BCUT2D eigenvalue weighted by molar-refractivity contribution is 7.89. The van der Waals surface area contributed by atoms with E-state index in [4.69, 9.17) is 16.7 Å². The molecule has 0 fully saturated rings. The van der Waals surface area contributed by atoms with Crippen molar-refractivity contribution >= 4 is 33.5 Å². The van der Waals surface area contributed by atoms with Gasteiger partial charge in [0.2, 0.25) is 15.9 Å². The molecule has 1 aromatic rings. The molecule has 0 aliphatic heterocycles. The highest BCUT2D eigenvalue weighted by Crippen LogP contribution is 2.20. The van der Waals surface area contributed by atoms with E-state index in [0.717, 1.165) is 18.2 Å². The number of carbonyl (C=O) groups is 2. The number of sulfonamides is 1. The Labute approximate surface area is 121 Å². The van der Waals surface area contributed by atoms with Gasteiger partial charge in [-0.25, -0.2) is 17.9 Å². The second-order valence-electron chi connectivity index (χ2n) is 3.72. The fourth-order valence-electron chi connectivity index (χ4n) is 1.34. The lowest BCUT2D eigenvalue weighted by molar-refractivity contribution is -0.119. The number of carbonyl (C=O) groups excluding carboxylic acids is 1. The smallest absolute Gasteiger partial charge is 0.337 e. The van der Waals surface area contributed by atoms with Crippen molar-refractivity contribution in [3.05, 3.63) is 28.8 Å². The molecule has 1 aromatic carbocycles. The number of carboxylic acids is 1. The fraction of sp³-hybridized carbons (Fsp3) is 0.273. The molecule has 7 nitrogen and oxygen atoms in total. The lowest BCUT2D eigenvalue weighted by atomic mass is 10.2. The van der Waals surface area contributed by atoms with Crippen LogP contribution >= 0.6 is 11.6 Å². The van der Waals surface area contributed by atoms with Crippen LogP contribution in [-0.4, -0.2) is 38.5 Å². The third-order valence-corrected chi connectivity index (χ3v) is 3.99. The number of aromatic carboxylic acids is 1. The van der Waals surface area contributed by atoms with E-state index in [2.05, 4.69) is 10.0 Å². The molecule has 9 heteroatoms. The van der Waals surface area contributed by atoms with Crippen molar-refractivity contribution < 1.29 is 23.1 Å². The van der Waals surface area contributed by atoms with Crippen LogP contribution in [0.1, 0.15) is 17.3 Å². The van der Waals surface area contributed by atoms with Crippen LogP contribution in [0.15, 0.2) is 23.1 Å². The topological polar surface area (TPSA) is 113 Å². The summed E-state index contributed by atoms with van der Waals surface area (Å²) in [5.74, 6) is -1.72. The molecule has 0 aliphatic carbocycles. The Bertz CT molecular complexity index is 630. The zero-order valence-corrected chi connectivity index (χ0v) is 12.1. The number of nitrogens with one attached hydrogen (secondary N) is 2. The van der Waals surface area contributed by atoms with Crippen LogP contribution in [0.25, 0.3) is 0 Å². The number of benzene rings is 1. The maximum atomic E-state index is 11.9. The summed E-state index contributed by atoms with van der Waals surface area (Å²) in [5.41, 5.74) is -0.200. The highest BCUT2D eigenvalue weighted by atomic mass is 35.5. The molecule has 0 atom stereocenters. The van der Waals surface area contributed by atoms with Crippen molar-refractivity contribution in [2.75, 3.05) is 13.1 Å². The molecule has 3 N–H and O–H groups in total. The number of carboxylic acid groups (broad SMARTS) is 1. The SMILES string of the molecule is CCNC(=O)CNS(=O)(=O)c1ccc(C(=O)O)c(Cl)c1. The van der Waals surface area contributed by atoms with Crippen molar-refractivity contribution in [2.45, 2.75) is 11.8 Å². The average molecular weight is 321 g/mol. The van der Waals surface area contributed by atoms with Gasteiger partial charge in [0.15, 0.2) is 0 Å². The molecule has 0 saturated heterocycles. The Morgan fingerprint density at radius 2 is 2.00 bits per heavy atom. The van der Waals surface area contributed by atoms with Crippen LogP contribution in [-0.2, 0) is 14.8 Å². The number of hydrogen-bond donors (Lipinski definition) is 3. The number of halogens is 1. The Kier molecular flexibility index (Phi) is 5.49. The van der Waals surface area contributed by atoms with Gasteiger partial charge < -0.3 is 10.4 Å². The molecule has 0 aliphatic rings. The highest BCUT2D eigenvalue weighted by Gasteiger charge is 2.18. The minimum absolute atomic E-state index is 0.196. The maximum Gasteiger partial charge on any atom is 0.337 e. The van der Waals surface area contributed by atoms with Gasteiger partial charge >= 0.3 is 5.97 Å². The average Bonchev–Trinajstić information content (AvgIpc) is 2.36. The lowest BCUT2D eigenvalue weighted by Gasteiger charge is -2.08. The standard InChI is InChI=1S/C11H13ClN2O5S/c1-2-13-10(15)6-14-20(18,19)7-3-4-8(11(16)17)9(12)5-7/h3-5,14H,2,6H2,1H3,(H,13,15)(H,16,17). The number of likely N-dealkylation sites (N-methyl/N-ethyl adjacent to an activating group) is 1. The van der Waals surface area contributed by atoms with Gasteiger partial charge in [-0.3, -0.25) is 4.79 Å². The van der Waals surface area contributed by atoms with E-state index in [1.165, 1.54) is 0 Å². The van der Waals surface area contributed by atoms with Crippen molar-refractivity contribution in [3.63, 3.8) is 0 Å². The van der Waals surface area contributed by atoms with E-state index in [-0.39, 0.29) is 15.5 Å². The van der Waals surface area contributed by atoms with Crippen LogP contribution in [0.4, 0.5) is 0 Å². The van der Waals surface area contributed by atoms with Crippen molar-refractivity contribution in [3.8, 4) is 0 Å². The molecule has 20 heavy (non-hydrogen) atoms. The predicted molar refractivity (Wildman–Crippen MR) is 72.3 cm³/mol. The second-order valence-corrected chi connectivity index (χ2v) is 5.90. The van der Waals surface area contributed by atoms with Gasteiger partial charge in [-0.1, -0.05) is 11.6 Å². The zero-order valence-electron chi connectivity index (χ0n) is 10.5. The van der Waals surface area contributed by atoms with Gasteiger partial charge in [0.1, 0.15) is 0 Å². The Morgan fingerprint density at radius 1 is 1.35 bits per heavy atom. The van der Waals surface area contributed by atoms with Gasteiger partial charge in [0, 0.05) is 6.54 Å². The van der Waals surface area contributed by atoms with Gasteiger partial charge in [0.25, 0.3) is 0 Å². The van der Waals surface area contributed by atoms with Crippen LogP contribution in [0.3, 0.4) is 0 Å². The molecule has 0 spiro atoms.